The second-order valence-corrected chi connectivity index (χ2v) is 3.87. The van der Waals surface area contributed by atoms with E-state index in [2.05, 4.69) is 10.1 Å². The summed E-state index contributed by atoms with van der Waals surface area (Å²) in [5.41, 5.74) is 1.91. The monoisotopic (exact) mass is 251 g/mol. The summed E-state index contributed by atoms with van der Waals surface area (Å²) in [6.45, 7) is 4.06. The van der Waals surface area contributed by atoms with Gasteiger partial charge in [-0.25, -0.2) is 9.18 Å². The van der Waals surface area contributed by atoms with Crippen molar-refractivity contribution in [3.05, 3.63) is 41.2 Å². The minimum Gasteiger partial charge on any atom is -0.466 e. The molecule has 0 saturated carbocycles. The first kappa shape index (κ1) is 14.2. The van der Waals surface area contributed by atoms with Crippen molar-refractivity contribution in [2.75, 3.05) is 19.0 Å². The Labute approximate surface area is 107 Å². The second-order valence-electron chi connectivity index (χ2n) is 3.87. The van der Waals surface area contributed by atoms with Crippen LogP contribution in [0.25, 0.3) is 0 Å². The molecule has 0 aromatic heterocycles. The van der Waals surface area contributed by atoms with Gasteiger partial charge in [-0.1, -0.05) is 19.1 Å². The highest BCUT2D eigenvalue weighted by Crippen LogP contribution is 2.17. The molecule has 1 N–H and O–H groups in total. The SMILES string of the molecule is CC/C(=C/CNc1cccc(F)c1C)C(=O)OC. The zero-order chi connectivity index (χ0) is 13.5. The van der Waals surface area contributed by atoms with Crippen LogP contribution >= 0.6 is 0 Å². The average molecular weight is 251 g/mol. The Hall–Kier alpha value is -1.84. The van der Waals surface area contributed by atoms with Gasteiger partial charge in [-0.15, -0.1) is 0 Å². The molecule has 3 nitrogen and oxygen atoms in total. The fourth-order valence-electron chi connectivity index (χ4n) is 1.59. The third-order valence-electron chi connectivity index (χ3n) is 2.74. The lowest BCUT2D eigenvalue weighted by molar-refractivity contribution is -0.136. The lowest BCUT2D eigenvalue weighted by Crippen LogP contribution is -2.08. The number of rotatable bonds is 5. The van der Waals surface area contributed by atoms with Gasteiger partial charge in [0.25, 0.3) is 0 Å². The molecular formula is C14H18FNO2. The molecule has 0 heterocycles. The summed E-state index contributed by atoms with van der Waals surface area (Å²) in [6, 6.07) is 4.87. The van der Waals surface area contributed by atoms with E-state index in [1.54, 1.807) is 25.1 Å². The molecule has 98 valence electrons. The molecule has 0 aliphatic rings. The van der Waals surface area contributed by atoms with Crippen molar-refractivity contribution in [1.29, 1.82) is 0 Å². The predicted octanol–water partition coefficient (Wildman–Crippen LogP) is 3.06. The second kappa shape index (κ2) is 6.79. The molecule has 0 radical (unpaired) electrons. The van der Waals surface area contributed by atoms with Crippen molar-refractivity contribution < 1.29 is 13.9 Å². The maximum Gasteiger partial charge on any atom is 0.333 e. The maximum absolute atomic E-state index is 13.3. The first-order valence-electron chi connectivity index (χ1n) is 5.86. The minimum absolute atomic E-state index is 0.243. The fraction of sp³-hybridized carbons (Fsp3) is 0.357. The van der Waals surface area contributed by atoms with Gasteiger partial charge in [-0.3, -0.25) is 0 Å². The largest absolute Gasteiger partial charge is 0.466 e. The molecule has 0 bridgehead atoms. The topological polar surface area (TPSA) is 38.3 Å². The predicted molar refractivity (Wildman–Crippen MR) is 70.0 cm³/mol. The Balaban J connectivity index is 2.68. The Morgan fingerprint density at radius 2 is 2.22 bits per heavy atom. The lowest BCUT2D eigenvalue weighted by atomic mass is 10.1. The summed E-state index contributed by atoms with van der Waals surface area (Å²) in [7, 11) is 1.36. The molecule has 1 aromatic rings. The molecule has 0 atom stereocenters. The van der Waals surface area contributed by atoms with E-state index >= 15 is 0 Å². The number of benzene rings is 1. The number of esters is 1. The van der Waals surface area contributed by atoms with E-state index in [1.807, 2.05) is 6.92 Å². The molecule has 0 unspecified atom stereocenters. The molecule has 0 spiro atoms. The summed E-state index contributed by atoms with van der Waals surface area (Å²) in [4.78, 5) is 11.3. The standard InChI is InChI=1S/C14H18FNO2/c1-4-11(14(17)18-3)8-9-16-13-7-5-6-12(15)10(13)2/h5-8,16H,4,9H2,1-3H3/b11-8-. The number of halogens is 1. The van der Waals surface area contributed by atoms with Gasteiger partial charge in [0.2, 0.25) is 0 Å². The fourth-order valence-corrected chi connectivity index (χ4v) is 1.59. The number of methoxy groups -OCH3 is 1. The van der Waals surface area contributed by atoms with Crippen molar-refractivity contribution in [3.8, 4) is 0 Å². The zero-order valence-electron chi connectivity index (χ0n) is 10.9. The molecule has 0 saturated heterocycles. The average Bonchev–Trinajstić information content (AvgIpc) is 2.38. The van der Waals surface area contributed by atoms with Crippen molar-refractivity contribution in [2.45, 2.75) is 20.3 Å². The van der Waals surface area contributed by atoms with E-state index in [4.69, 9.17) is 0 Å². The van der Waals surface area contributed by atoms with Gasteiger partial charge in [-0.05, 0) is 25.5 Å². The zero-order valence-corrected chi connectivity index (χ0v) is 10.9. The van der Waals surface area contributed by atoms with E-state index in [0.29, 0.717) is 24.1 Å². The highest BCUT2D eigenvalue weighted by molar-refractivity contribution is 5.88. The van der Waals surface area contributed by atoms with E-state index in [1.165, 1.54) is 13.2 Å². The molecule has 18 heavy (non-hydrogen) atoms. The van der Waals surface area contributed by atoms with E-state index in [0.717, 1.165) is 5.69 Å². The van der Waals surface area contributed by atoms with Gasteiger partial charge in [-0.2, -0.15) is 0 Å². The normalized spacial score (nSPS) is 11.2. The summed E-state index contributed by atoms with van der Waals surface area (Å²) in [5, 5.41) is 3.07. The smallest absolute Gasteiger partial charge is 0.333 e. The number of nitrogens with one attached hydrogen (secondary N) is 1. The van der Waals surface area contributed by atoms with Crippen LogP contribution in [-0.2, 0) is 9.53 Å². The molecular weight excluding hydrogens is 233 g/mol. The van der Waals surface area contributed by atoms with Crippen LogP contribution in [0.4, 0.5) is 10.1 Å². The molecule has 0 fully saturated rings. The van der Waals surface area contributed by atoms with E-state index < -0.39 is 0 Å². The molecule has 1 rings (SSSR count). The highest BCUT2D eigenvalue weighted by Gasteiger charge is 2.06. The molecule has 1 aromatic carbocycles. The summed E-state index contributed by atoms with van der Waals surface area (Å²) < 4.78 is 17.9. The van der Waals surface area contributed by atoms with Crippen LogP contribution in [0.15, 0.2) is 29.8 Å². The first-order valence-corrected chi connectivity index (χ1v) is 5.86. The third-order valence-corrected chi connectivity index (χ3v) is 2.74. The number of ether oxygens (including phenoxy) is 1. The van der Waals surface area contributed by atoms with Crippen molar-refractivity contribution in [2.24, 2.45) is 0 Å². The lowest BCUT2D eigenvalue weighted by Gasteiger charge is -2.08. The van der Waals surface area contributed by atoms with Gasteiger partial charge in [0, 0.05) is 23.4 Å². The molecule has 4 heteroatoms. The van der Waals surface area contributed by atoms with Crippen LogP contribution in [0, 0.1) is 12.7 Å². The van der Waals surface area contributed by atoms with Crippen LogP contribution in [0.3, 0.4) is 0 Å². The van der Waals surface area contributed by atoms with Crippen LogP contribution in [-0.4, -0.2) is 19.6 Å². The van der Waals surface area contributed by atoms with Gasteiger partial charge >= 0.3 is 5.97 Å². The van der Waals surface area contributed by atoms with Crippen LogP contribution in [0.2, 0.25) is 0 Å². The molecule has 0 amide bonds. The first-order chi connectivity index (χ1) is 8.60. The number of carbonyl (C=O) groups is 1. The Kier molecular flexibility index (Phi) is 5.36. The maximum atomic E-state index is 13.3. The Morgan fingerprint density at radius 1 is 1.50 bits per heavy atom. The van der Waals surface area contributed by atoms with Crippen molar-refractivity contribution in [1.82, 2.24) is 0 Å². The minimum atomic E-state index is -0.324. The Bertz CT molecular complexity index is 455. The van der Waals surface area contributed by atoms with Gasteiger partial charge in [0.1, 0.15) is 5.82 Å². The van der Waals surface area contributed by atoms with E-state index in [-0.39, 0.29) is 11.8 Å². The van der Waals surface area contributed by atoms with Gasteiger partial charge in [0.05, 0.1) is 7.11 Å². The number of anilines is 1. The van der Waals surface area contributed by atoms with Crippen LogP contribution in [0.5, 0.6) is 0 Å². The molecule has 0 aliphatic carbocycles. The van der Waals surface area contributed by atoms with Crippen LogP contribution in [0.1, 0.15) is 18.9 Å². The number of carbonyl (C=O) groups excluding carboxylic acids is 1. The quantitative estimate of drug-likeness (QED) is 0.645. The summed E-state index contributed by atoms with van der Waals surface area (Å²) in [6.07, 6.45) is 2.37. The van der Waals surface area contributed by atoms with Gasteiger partial charge < -0.3 is 10.1 Å². The van der Waals surface area contributed by atoms with Crippen LogP contribution < -0.4 is 5.32 Å². The van der Waals surface area contributed by atoms with Crippen molar-refractivity contribution >= 4 is 11.7 Å². The summed E-state index contributed by atoms with van der Waals surface area (Å²) >= 11 is 0. The highest BCUT2D eigenvalue weighted by atomic mass is 19.1. The van der Waals surface area contributed by atoms with Crippen molar-refractivity contribution in [3.63, 3.8) is 0 Å². The number of hydrogen-bond donors (Lipinski definition) is 1. The summed E-state index contributed by atoms with van der Waals surface area (Å²) in [5.74, 6) is -0.567. The third kappa shape index (κ3) is 3.58. The Morgan fingerprint density at radius 3 is 2.83 bits per heavy atom. The van der Waals surface area contributed by atoms with Gasteiger partial charge in [0.15, 0.2) is 0 Å². The van der Waals surface area contributed by atoms with E-state index in [9.17, 15) is 9.18 Å². The molecule has 0 aliphatic heterocycles. The number of hydrogen-bond acceptors (Lipinski definition) is 3.